The van der Waals surface area contributed by atoms with Crippen LogP contribution in [0.4, 0.5) is 16.5 Å². The van der Waals surface area contributed by atoms with Gasteiger partial charge in [0.1, 0.15) is 16.3 Å². The van der Waals surface area contributed by atoms with Gasteiger partial charge in [-0.05, 0) is 30.3 Å². The fourth-order valence-electron chi connectivity index (χ4n) is 3.32. The van der Waals surface area contributed by atoms with Gasteiger partial charge >= 0.3 is 0 Å². The molecule has 2 aromatic carbocycles. The first-order valence-corrected chi connectivity index (χ1v) is 10.1. The lowest BCUT2D eigenvalue weighted by atomic mass is 10.1. The molecule has 1 N–H and O–H groups in total. The zero-order valence-corrected chi connectivity index (χ0v) is 17.2. The number of benzene rings is 2. The van der Waals surface area contributed by atoms with Crippen molar-refractivity contribution < 1.29 is 19.2 Å². The summed E-state index contributed by atoms with van der Waals surface area (Å²) < 4.78 is 5.14. The summed E-state index contributed by atoms with van der Waals surface area (Å²) in [5.41, 5.74) is 0.412. The molecule has 1 unspecified atom stereocenters. The van der Waals surface area contributed by atoms with Crippen LogP contribution in [0.15, 0.2) is 48.5 Å². The number of hydrogen-bond acceptors (Lipinski definition) is 8. The molecule has 4 rings (SSSR count). The predicted octanol–water partition coefficient (Wildman–Crippen LogP) is 3.23. The van der Waals surface area contributed by atoms with Crippen molar-refractivity contribution in [3.63, 3.8) is 0 Å². The first-order valence-electron chi connectivity index (χ1n) is 9.29. The lowest BCUT2D eigenvalue weighted by molar-refractivity contribution is -0.385. The number of aromatic nitrogens is 2. The number of carbonyl (C=O) groups excluding carboxylic acids is 2. The SMILES string of the molecule is COc1ccc(N2CC(c3nnc(NC(=O)c4ccccc4[N+](=O)[O-])s3)CC2=O)cc1. The van der Waals surface area contributed by atoms with Crippen molar-refractivity contribution in [2.45, 2.75) is 12.3 Å². The second-order valence-electron chi connectivity index (χ2n) is 6.78. The standard InChI is InChI=1S/C20H17N5O5S/c1-30-14-8-6-13(7-9-14)24-11-12(10-17(24)26)19-22-23-20(31-19)21-18(27)15-4-2-3-5-16(15)25(28)29/h2-9,12H,10-11H2,1H3,(H,21,23,27). The van der Waals surface area contributed by atoms with Crippen LogP contribution in [0.5, 0.6) is 5.75 Å². The highest BCUT2D eigenvalue weighted by atomic mass is 32.1. The summed E-state index contributed by atoms with van der Waals surface area (Å²) in [4.78, 5) is 37.2. The van der Waals surface area contributed by atoms with E-state index in [-0.39, 0.29) is 34.6 Å². The Morgan fingerprint density at radius 2 is 1.97 bits per heavy atom. The number of hydrogen-bond donors (Lipinski definition) is 1. The minimum atomic E-state index is -0.641. The number of rotatable bonds is 6. The summed E-state index contributed by atoms with van der Waals surface area (Å²) >= 11 is 1.15. The van der Waals surface area contributed by atoms with Crippen LogP contribution in [0.25, 0.3) is 0 Å². The highest BCUT2D eigenvalue weighted by Crippen LogP contribution is 2.35. The number of nitrogens with one attached hydrogen (secondary N) is 1. The molecule has 2 amide bonds. The third kappa shape index (κ3) is 4.21. The molecule has 0 radical (unpaired) electrons. The van der Waals surface area contributed by atoms with Crippen molar-refractivity contribution in [1.29, 1.82) is 0 Å². The number of methoxy groups -OCH3 is 1. The van der Waals surface area contributed by atoms with E-state index in [1.807, 2.05) is 12.1 Å². The smallest absolute Gasteiger partial charge is 0.282 e. The van der Waals surface area contributed by atoms with E-state index in [9.17, 15) is 19.7 Å². The van der Waals surface area contributed by atoms with E-state index in [0.717, 1.165) is 17.0 Å². The average Bonchev–Trinajstić information content (AvgIpc) is 3.40. The number of para-hydroxylation sites is 1. The Bertz CT molecular complexity index is 1150. The first kappa shape index (κ1) is 20.4. The molecule has 0 saturated carbocycles. The van der Waals surface area contributed by atoms with Crippen molar-refractivity contribution >= 4 is 39.7 Å². The first-order chi connectivity index (χ1) is 15.0. The van der Waals surface area contributed by atoms with Crippen LogP contribution in [-0.4, -0.2) is 40.6 Å². The van der Waals surface area contributed by atoms with Crippen LogP contribution < -0.4 is 15.0 Å². The summed E-state index contributed by atoms with van der Waals surface area (Å²) in [6.45, 7) is 0.442. The van der Waals surface area contributed by atoms with Crippen molar-refractivity contribution in [3.05, 3.63) is 69.2 Å². The largest absolute Gasteiger partial charge is 0.497 e. The van der Waals surface area contributed by atoms with Gasteiger partial charge in [0.05, 0.1) is 12.0 Å². The maximum Gasteiger partial charge on any atom is 0.282 e. The summed E-state index contributed by atoms with van der Waals surface area (Å²) in [6, 6.07) is 12.9. The average molecular weight is 439 g/mol. The van der Waals surface area contributed by atoms with E-state index in [0.29, 0.717) is 17.3 Å². The maximum absolute atomic E-state index is 12.5. The van der Waals surface area contributed by atoms with Gasteiger partial charge in [-0.15, -0.1) is 10.2 Å². The number of nitrogens with zero attached hydrogens (tertiary/aromatic N) is 4. The van der Waals surface area contributed by atoms with Crippen molar-refractivity contribution in [3.8, 4) is 5.75 Å². The van der Waals surface area contributed by atoms with Crippen molar-refractivity contribution in [1.82, 2.24) is 10.2 Å². The monoisotopic (exact) mass is 439 g/mol. The summed E-state index contributed by atoms with van der Waals surface area (Å²) in [6.07, 6.45) is 0.277. The number of carbonyl (C=O) groups is 2. The Labute approximate surface area is 180 Å². The number of nitro benzene ring substituents is 1. The molecular formula is C20H17N5O5S. The molecule has 1 aliphatic rings. The second kappa shape index (κ2) is 8.48. The fraction of sp³-hybridized carbons (Fsp3) is 0.200. The Kier molecular flexibility index (Phi) is 5.58. The van der Waals surface area contributed by atoms with Gasteiger partial charge in [0.2, 0.25) is 11.0 Å². The number of ether oxygens (including phenoxy) is 1. The molecule has 1 fully saturated rings. The third-order valence-corrected chi connectivity index (χ3v) is 5.87. The topological polar surface area (TPSA) is 128 Å². The molecule has 1 atom stereocenters. The van der Waals surface area contributed by atoms with Crippen LogP contribution in [0.3, 0.4) is 0 Å². The lowest BCUT2D eigenvalue weighted by Crippen LogP contribution is -2.24. The molecule has 1 aliphatic heterocycles. The minimum absolute atomic E-state index is 0.0316. The van der Waals surface area contributed by atoms with Gasteiger partial charge in [-0.3, -0.25) is 25.0 Å². The molecule has 3 aromatic rings. The van der Waals surface area contributed by atoms with Crippen LogP contribution >= 0.6 is 11.3 Å². The van der Waals surface area contributed by atoms with Gasteiger partial charge < -0.3 is 9.64 Å². The zero-order chi connectivity index (χ0) is 22.0. The summed E-state index contributed by atoms with van der Waals surface area (Å²) in [5.74, 6) is -0.132. The Morgan fingerprint density at radius 3 is 2.68 bits per heavy atom. The molecule has 0 bridgehead atoms. The van der Waals surface area contributed by atoms with Gasteiger partial charge in [-0.25, -0.2) is 0 Å². The molecule has 2 heterocycles. The highest BCUT2D eigenvalue weighted by Gasteiger charge is 2.34. The fourth-order valence-corrected chi connectivity index (χ4v) is 4.15. The van der Waals surface area contributed by atoms with Crippen LogP contribution in [0, 0.1) is 10.1 Å². The maximum atomic E-state index is 12.5. The molecule has 0 aliphatic carbocycles. The van der Waals surface area contributed by atoms with Crippen LogP contribution in [0.2, 0.25) is 0 Å². The minimum Gasteiger partial charge on any atom is -0.497 e. The molecule has 31 heavy (non-hydrogen) atoms. The van der Waals surface area contributed by atoms with E-state index < -0.39 is 10.8 Å². The predicted molar refractivity (Wildman–Crippen MR) is 114 cm³/mol. The molecule has 1 aromatic heterocycles. The van der Waals surface area contributed by atoms with Crippen LogP contribution in [-0.2, 0) is 4.79 Å². The van der Waals surface area contributed by atoms with E-state index in [4.69, 9.17) is 4.74 Å². The van der Waals surface area contributed by atoms with E-state index >= 15 is 0 Å². The van der Waals surface area contributed by atoms with Gasteiger partial charge in [0, 0.05) is 30.6 Å². The van der Waals surface area contributed by atoms with Gasteiger partial charge in [0.25, 0.3) is 11.6 Å². The number of amides is 2. The lowest BCUT2D eigenvalue weighted by Gasteiger charge is -2.16. The normalized spacial score (nSPS) is 15.7. The van der Waals surface area contributed by atoms with E-state index in [1.165, 1.54) is 18.2 Å². The molecule has 0 spiro atoms. The Morgan fingerprint density at radius 1 is 1.23 bits per heavy atom. The molecule has 11 heteroatoms. The number of anilines is 2. The molecule has 1 saturated heterocycles. The van der Waals surface area contributed by atoms with Gasteiger partial charge in [-0.2, -0.15) is 0 Å². The highest BCUT2D eigenvalue weighted by molar-refractivity contribution is 7.15. The van der Waals surface area contributed by atoms with E-state index in [2.05, 4.69) is 15.5 Å². The number of nitro groups is 1. The van der Waals surface area contributed by atoms with E-state index in [1.54, 1.807) is 30.2 Å². The van der Waals surface area contributed by atoms with Crippen molar-refractivity contribution in [2.75, 3.05) is 23.9 Å². The summed E-state index contributed by atoms with van der Waals surface area (Å²) in [5, 5.41) is 22.6. The van der Waals surface area contributed by atoms with Crippen LogP contribution in [0.1, 0.15) is 27.7 Å². The molecular weight excluding hydrogens is 422 g/mol. The second-order valence-corrected chi connectivity index (χ2v) is 7.79. The van der Waals surface area contributed by atoms with Gasteiger partial charge in [-0.1, -0.05) is 23.5 Å². The van der Waals surface area contributed by atoms with Gasteiger partial charge in [0.15, 0.2) is 0 Å². The molecule has 158 valence electrons. The Hall–Kier alpha value is -3.86. The third-order valence-electron chi connectivity index (χ3n) is 4.86. The summed E-state index contributed by atoms with van der Waals surface area (Å²) in [7, 11) is 1.58. The Balaban J connectivity index is 1.46. The quantitative estimate of drug-likeness (QED) is 0.461. The molecule has 10 nitrogen and oxygen atoms in total. The van der Waals surface area contributed by atoms with Crippen molar-refractivity contribution in [2.24, 2.45) is 0 Å². The zero-order valence-electron chi connectivity index (χ0n) is 16.3.